The number of amides is 1. The van der Waals surface area contributed by atoms with E-state index in [1.165, 1.54) is 18.2 Å². The molecule has 0 bridgehead atoms. The molecule has 0 spiro atoms. The maximum atomic E-state index is 12.7. The number of halogens is 2. The van der Waals surface area contributed by atoms with Gasteiger partial charge in [-0.2, -0.15) is 8.78 Å². The number of para-hydroxylation sites is 1. The van der Waals surface area contributed by atoms with Gasteiger partial charge in [0.2, 0.25) is 9.84 Å². The highest BCUT2D eigenvalue weighted by Crippen LogP contribution is 2.26. The maximum Gasteiger partial charge on any atom is 0.341 e. The second-order valence-corrected chi connectivity index (χ2v) is 6.46. The third-order valence-corrected chi connectivity index (χ3v) is 4.50. The summed E-state index contributed by atoms with van der Waals surface area (Å²) in [4.78, 5) is 11.6. The number of anilines is 1. The molecule has 7 heteroatoms. The summed E-state index contributed by atoms with van der Waals surface area (Å²) in [5.74, 6) is -4.11. The predicted octanol–water partition coefficient (Wildman–Crippen LogP) is 3.24. The summed E-state index contributed by atoms with van der Waals surface area (Å²) in [5.41, 5.74) is 0.858. The van der Waals surface area contributed by atoms with Gasteiger partial charge in [0.1, 0.15) is 0 Å². The van der Waals surface area contributed by atoms with Crippen molar-refractivity contribution in [3.8, 4) is 0 Å². The Kier molecular flexibility index (Phi) is 4.56. The van der Waals surface area contributed by atoms with Crippen LogP contribution in [-0.4, -0.2) is 20.1 Å². The number of hydrogen-bond acceptors (Lipinski definition) is 3. The van der Waals surface area contributed by atoms with Crippen molar-refractivity contribution >= 4 is 21.4 Å². The zero-order valence-electron chi connectivity index (χ0n) is 11.6. The van der Waals surface area contributed by atoms with Crippen LogP contribution in [0.15, 0.2) is 53.4 Å². The molecule has 116 valence electrons. The molecule has 0 saturated heterocycles. The first-order valence-electron chi connectivity index (χ1n) is 6.32. The van der Waals surface area contributed by atoms with Crippen LogP contribution < -0.4 is 5.32 Å². The van der Waals surface area contributed by atoms with Gasteiger partial charge in [0, 0.05) is 5.56 Å². The Morgan fingerprint density at radius 1 is 1.05 bits per heavy atom. The van der Waals surface area contributed by atoms with Crippen molar-refractivity contribution in [2.45, 2.75) is 17.6 Å². The molecule has 0 heterocycles. The minimum absolute atomic E-state index is 0.170. The van der Waals surface area contributed by atoms with Gasteiger partial charge in [0.25, 0.3) is 5.91 Å². The lowest BCUT2D eigenvalue weighted by molar-refractivity contribution is 0.102. The Hall–Kier alpha value is -2.28. The maximum absolute atomic E-state index is 12.7. The highest BCUT2D eigenvalue weighted by Gasteiger charge is 2.29. The minimum Gasteiger partial charge on any atom is -0.321 e. The molecule has 1 amide bonds. The largest absolute Gasteiger partial charge is 0.341 e. The van der Waals surface area contributed by atoms with Crippen LogP contribution in [-0.2, 0) is 9.84 Å². The SMILES string of the molecule is Cc1ccccc1C(=O)Nc1ccccc1S(=O)(=O)C(F)F. The van der Waals surface area contributed by atoms with Crippen molar-refractivity contribution < 1.29 is 22.0 Å². The minimum atomic E-state index is -4.79. The van der Waals surface area contributed by atoms with Crippen molar-refractivity contribution in [1.82, 2.24) is 0 Å². The summed E-state index contributed by atoms with van der Waals surface area (Å²) >= 11 is 0. The van der Waals surface area contributed by atoms with E-state index in [0.717, 1.165) is 6.07 Å². The molecule has 0 aliphatic rings. The van der Waals surface area contributed by atoms with Gasteiger partial charge in [0.15, 0.2) is 0 Å². The van der Waals surface area contributed by atoms with Gasteiger partial charge in [-0.3, -0.25) is 4.79 Å². The zero-order valence-corrected chi connectivity index (χ0v) is 12.4. The first-order chi connectivity index (χ1) is 10.3. The van der Waals surface area contributed by atoms with Gasteiger partial charge in [-0.05, 0) is 30.7 Å². The van der Waals surface area contributed by atoms with E-state index in [1.54, 1.807) is 31.2 Å². The first kappa shape index (κ1) is 16.1. The molecule has 1 N–H and O–H groups in total. The molecule has 0 aliphatic carbocycles. The fourth-order valence-corrected chi connectivity index (χ4v) is 2.82. The van der Waals surface area contributed by atoms with E-state index in [4.69, 9.17) is 0 Å². The fraction of sp³-hybridized carbons (Fsp3) is 0.133. The van der Waals surface area contributed by atoms with Crippen molar-refractivity contribution in [1.29, 1.82) is 0 Å². The summed E-state index contributed by atoms with van der Waals surface area (Å²) in [7, 11) is -4.79. The average molecular weight is 325 g/mol. The van der Waals surface area contributed by atoms with Gasteiger partial charge in [-0.25, -0.2) is 8.42 Å². The van der Waals surface area contributed by atoms with Gasteiger partial charge in [-0.1, -0.05) is 30.3 Å². The van der Waals surface area contributed by atoms with Crippen LogP contribution in [0.25, 0.3) is 0 Å². The van der Waals surface area contributed by atoms with E-state index in [-0.39, 0.29) is 5.69 Å². The molecule has 4 nitrogen and oxygen atoms in total. The van der Waals surface area contributed by atoms with E-state index in [0.29, 0.717) is 11.1 Å². The number of nitrogens with one attached hydrogen (secondary N) is 1. The van der Waals surface area contributed by atoms with Crippen LogP contribution in [0.2, 0.25) is 0 Å². The lowest BCUT2D eigenvalue weighted by Crippen LogP contribution is -2.18. The highest BCUT2D eigenvalue weighted by molar-refractivity contribution is 7.91. The van der Waals surface area contributed by atoms with Crippen molar-refractivity contribution in [3.05, 3.63) is 59.7 Å². The van der Waals surface area contributed by atoms with E-state index < -0.39 is 26.4 Å². The van der Waals surface area contributed by atoms with Crippen LogP contribution in [0.5, 0.6) is 0 Å². The third kappa shape index (κ3) is 3.14. The van der Waals surface area contributed by atoms with Gasteiger partial charge >= 0.3 is 5.76 Å². The van der Waals surface area contributed by atoms with Gasteiger partial charge in [-0.15, -0.1) is 0 Å². The number of benzene rings is 2. The second kappa shape index (κ2) is 6.23. The smallest absolute Gasteiger partial charge is 0.321 e. The zero-order chi connectivity index (χ0) is 16.3. The first-order valence-corrected chi connectivity index (χ1v) is 7.86. The van der Waals surface area contributed by atoms with Crippen LogP contribution in [0.1, 0.15) is 15.9 Å². The van der Waals surface area contributed by atoms with E-state index in [2.05, 4.69) is 5.32 Å². The third-order valence-electron chi connectivity index (χ3n) is 3.07. The van der Waals surface area contributed by atoms with Crippen LogP contribution >= 0.6 is 0 Å². The number of aryl methyl sites for hydroxylation is 1. The number of sulfone groups is 1. The molecule has 0 fully saturated rings. The Bertz CT molecular complexity index is 804. The van der Waals surface area contributed by atoms with E-state index in [9.17, 15) is 22.0 Å². The summed E-state index contributed by atoms with van der Waals surface area (Å²) < 4.78 is 48.7. The summed E-state index contributed by atoms with van der Waals surface area (Å²) in [6, 6.07) is 11.8. The molecule has 2 aromatic carbocycles. The molecular formula is C15H13F2NO3S. The number of rotatable bonds is 4. The fourth-order valence-electron chi connectivity index (χ4n) is 1.93. The van der Waals surface area contributed by atoms with E-state index >= 15 is 0 Å². The van der Waals surface area contributed by atoms with Crippen molar-refractivity contribution in [2.24, 2.45) is 0 Å². The molecule has 22 heavy (non-hydrogen) atoms. The summed E-state index contributed by atoms with van der Waals surface area (Å²) in [6.45, 7) is 1.72. The Balaban J connectivity index is 2.40. The van der Waals surface area contributed by atoms with Crippen LogP contribution in [0.4, 0.5) is 14.5 Å². The lowest BCUT2D eigenvalue weighted by atomic mass is 10.1. The monoisotopic (exact) mass is 325 g/mol. The number of carbonyl (C=O) groups excluding carboxylic acids is 1. The molecule has 0 radical (unpaired) electrons. The van der Waals surface area contributed by atoms with Gasteiger partial charge in [0.05, 0.1) is 10.6 Å². The number of carbonyl (C=O) groups is 1. The summed E-state index contributed by atoms with van der Waals surface area (Å²) in [6.07, 6.45) is 0. The molecule has 0 aromatic heterocycles. The van der Waals surface area contributed by atoms with Crippen LogP contribution in [0.3, 0.4) is 0 Å². The summed E-state index contributed by atoms with van der Waals surface area (Å²) in [5, 5.41) is 2.38. The molecule has 0 unspecified atom stereocenters. The standard InChI is InChI=1S/C15H13F2NO3S/c1-10-6-2-3-7-11(10)14(19)18-12-8-4-5-9-13(12)22(20,21)15(16)17/h2-9,15H,1H3,(H,18,19). The number of alkyl halides is 2. The molecule has 0 atom stereocenters. The molecule has 0 aliphatic heterocycles. The molecular weight excluding hydrogens is 312 g/mol. The van der Waals surface area contributed by atoms with Crippen molar-refractivity contribution in [3.63, 3.8) is 0 Å². The Morgan fingerprint density at radius 3 is 2.27 bits per heavy atom. The average Bonchev–Trinajstić information content (AvgIpc) is 2.47. The normalized spacial score (nSPS) is 11.5. The Labute approximate surface area is 126 Å². The predicted molar refractivity (Wildman–Crippen MR) is 78.8 cm³/mol. The highest BCUT2D eigenvalue weighted by atomic mass is 32.2. The molecule has 0 saturated carbocycles. The molecule has 2 rings (SSSR count). The lowest BCUT2D eigenvalue weighted by Gasteiger charge is -2.12. The van der Waals surface area contributed by atoms with Crippen molar-refractivity contribution in [2.75, 3.05) is 5.32 Å². The molecule has 2 aromatic rings. The number of hydrogen-bond donors (Lipinski definition) is 1. The second-order valence-electron chi connectivity index (χ2n) is 4.57. The van der Waals surface area contributed by atoms with E-state index in [1.807, 2.05) is 0 Å². The quantitative estimate of drug-likeness (QED) is 0.938. The Morgan fingerprint density at radius 2 is 1.64 bits per heavy atom. The topological polar surface area (TPSA) is 63.2 Å². The van der Waals surface area contributed by atoms with Gasteiger partial charge < -0.3 is 5.32 Å². The van der Waals surface area contributed by atoms with Crippen LogP contribution in [0, 0.1) is 6.92 Å².